The van der Waals surface area contributed by atoms with Crippen LogP contribution in [-0.4, -0.2) is 125 Å². The van der Waals surface area contributed by atoms with E-state index in [1.807, 2.05) is 24.3 Å². The minimum atomic E-state index is -1.57. The van der Waals surface area contributed by atoms with Crippen molar-refractivity contribution in [3.63, 3.8) is 0 Å². The third kappa shape index (κ3) is 9.11. The lowest BCUT2D eigenvalue weighted by atomic mass is 9.96. The van der Waals surface area contributed by atoms with Gasteiger partial charge in [0.2, 0.25) is 41.4 Å². The first-order valence-electron chi connectivity index (χ1n) is 16.3. The van der Waals surface area contributed by atoms with E-state index in [-0.39, 0.29) is 13.0 Å². The van der Waals surface area contributed by atoms with Gasteiger partial charge in [0.1, 0.15) is 30.2 Å². The van der Waals surface area contributed by atoms with Gasteiger partial charge in [-0.1, -0.05) is 38.5 Å². The van der Waals surface area contributed by atoms with Gasteiger partial charge in [0, 0.05) is 30.1 Å². The van der Waals surface area contributed by atoms with E-state index in [9.17, 15) is 43.8 Å². The first kappa shape index (κ1) is 36.8. The van der Waals surface area contributed by atoms with Gasteiger partial charge in [0.15, 0.2) is 0 Å². The lowest BCUT2D eigenvalue weighted by Gasteiger charge is -2.31. The van der Waals surface area contributed by atoms with Crippen molar-refractivity contribution in [1.82, 2.24) is 41.8 Å². The standard InChI is InChI=1S/C32H44N8O9/c1-3-17(2)27-31(48)37-21(11-18-12-33-20-8-5-4-7-19(18)20)32(49)40-10-6-9-24(40)30(47)35-13-25(43)34-14-26(44)36-22(15-41)28(45)38-23(16-42)29(46)39-27/h4-5,7-8,12,17,21-24,27,33,41-42H,3,6,9-11,13-16H2,1-2H3,(H,34,43)(H,35,47)(H,36,44)(H,37,48)(H,38,45)(H,39,46)/t17-,21-,22-,23-,24-,27-/m0/s1. The van der Waals surface area contributed by atoms with Gasteiger partial charge in [-0.2, -0.15) is 0 Å². The highest BCUT2D eigenvalue weighted by Crippen LogP contribution is 2.23. The molecule has 0 radical (unpaired) electrons. The predicted molar refractivity (Wildman–Crippen MR) is 174 cm³/mol. The largest absolute Gasteiger partial charge is 0.394 e. The summed E-state index contributed by atoms with van der Waals surface area (Å²) in [5.41, 5.74) is 1.54. The summed E-state index contributed by atoms with van der Waals surface area (Å²) in [7, 11) is 0. The molecular weight excluding hydrogens is 640 g/mol. The van der Waals surface area contributed by atoms with Gasteiger partial charge in [-0.25, -0.2) is 0 Å². The predicted octanol–water partition coefficient (Wildman–Crippen LogP) is -3.08. The molecule has 266 valence electrons. The summed E-state index contributed by atoms with van der Waals surface area (Å²) in [5, 5.41) is 35.2. The van der Waals surface area contributed by atoms with Gasteiger partial charge in [-0.05, 0) is 30.4 Å². The fourth-order valence-electron chi connectivity index (χ4n) is 5.87. The van der Waals surface area contributed by atoms with Crippen LogP contribution in [0.4, 0.5) is 0 Å². The average Bonchev–Trinajstić information content (AvgIpc) is 3.76. The lowest BCUT2D eigenvalue weighted by Crippen LogP contribution is -2.61. The van der Waals surface area contributed by atoms with Crippen LogP contribution in [0.2, 0.25) is 0 Å². The van der Waals surface area contributed by atoms with Crippen LogP contribution in [0.1, 0.15) is 38.7 Å². The Morgan fingerprint density at radius 2 is 1.45 bits per heavy atom. The van der Waals surface area contributed by atoms with Gasteiger partial charge >= 0.3 is 0 Å². The highest BCUT2D eigenvalue weighted by Gasteiger charge is 2.40. The normalized spacial score (nSPS) is 26.0. The molecule has 49 heavy (non-hydrogen) atoms. The summed E-state index contributed by atoms with van der Waals surface area (Å²) >= 11 is 0. The number of nitrogens with one attached hydrogen (secondary N) is 7. The van der Waals surface area contributed by atoms with E-state index in [2.05, 4.69) is 36.9 Å². The lowest BCUT2D eigenvalue weighted by molar-refractivity contribution is -0.142. The first-order valence-corrected chi connectivity index (χ1v) is 16.3. The fourth-order valence-corrected chi connectivity index (χ4v) is 5.87. The summed E-state index contributed by atoms with van der Waals surface area (Å²) in [6, 6.07) is 1.00. The molecule has 0 bridgehead atoms. The number of aromatic amines is 1. The molecule has 17 heteroatoms. The number of aromatic nitrogens is 1. The number of fused-ring (bicyclic) bond motifs is 2. The summed E-state index contributed by atoms with van der Waals surface area (Å²) in [6.45, 7) is 0.867. The van der Waals surface area contributed by atoms with Gasteiger partial charge in [0.25, 0.3) is 0 Å². The first-order chi connectivity index (χ1) is 23.5. The summed E-state index contributed by atoms with van der Waals surface area (Å²) < 4.78 is 0. The third-order valence-corrected chi connectivity index (χ3v) is 8.86. The molecule has 2 aliphatic heterocycles. The van der Waals surface area contributed by atoms with Gasteiger partial charge in [0.05, 0.1) is 26.3 Å². The Morgan fingerprint density at radius 1 is 0.796 bits per heavy atom. The molecular formula is C32H44N8O9. The second-order valence-electron chi connectivity index (χ2n) is 12.2. The fraction of sp³-hybridized carbons (Fsp3) is 0.531. The maximum atomic E-state index is 14.2. The smallest absolute Gasteiger partial charge is 0.246 e. The average molecular weight is 685 g/mol. The Bertz CT molecular complexity index is 1560. The number of aliphatic hydroxyl groups is 2. The maximum Gasteiger partial charge on any atom is 0.246 e. The van der Waals surface area contributed by atoms with E-state index in [0.29, 0.717) is 19.3 Å². The Labute approximate surface area is 282 Å². The molecule has 0 unspecified atom stereocenters. The SMILES string of the molecule is CC[C@H](C)[C@@H]1NC(=O)[C@H](CO)NC(=O)[C@H](CO)NC(=O)CNC(=O)CNC(=O)[C@@H]2CCCN2C(=O)[C@H](Cc2c[nH]c3ccccc23)NC1=O. The zero-order valence-corrected chi connectivity index (χ0v) is 27.4. The molecule has 0 aliphatic carbocycles. The van der Waals surface area contributed by atoms with Crippen molar-refractivity contribution >= 4 is 52.3 Å². The van der Waals surface area contributed by atoms with Crippen molar-refractivity contribution in [2.75, 3.05) is 32.8 Å². The van der Waals surface area contributed by atoms with Crippen molar-refractivity contribution in [3.05, 3.63) is 36.0 Å². The summed E-state index contributed by atoms with van der Waals surface area (Å²) in [5.74, 6) is -5.81. The van der Waals surface area contributed by atoms with Crippen molar-refractivity contribution in [1.29, 1.82) is 0 Å². The number of H-pyrrole nitrogens is 1. The highest BCUT2D eigenvalue weighted by molar-refractivity contribution is 5.98. The van der Waals surface area contributed by atoms with Crippen molar-refractivity contribution in [2.24, 2.45) is 5.92 Å². The van der Waals surface area contributed by atoms with Crippen LogP contribution in [0, 0.1) is 5.92 Å². The topological polar surface area (TPSA) is 251 Å². The monoisotopic (exact) mass is 684 g/mol. The molecule has 1 aromatic heterocycles. The van der Waals surface area contributed by atoms with Crippen LogP contribution in [0.3, 0.4) is 0 Å². The Kier molecular flexibility index (Phi) is 12.7. The summed E-state index contributed by atoms with van der Waals surface area (Å²) in [4.78, 5) is 96.9. The summed E-state index contributed by atoms with van der Waals surface area (Å²) in [6.07, 6.45) is 3.01. The number of carbonyl (C=O) groups is 7. The number of para-hydroxylation sites is 1. The number of carbonyl (C=O) groups excluding carboxylic acids is 7. The van der Waals surface area contributed by atoms with Crippen LogP contribution < -0.4 is 31.9 Å². The molecule has 2 aliphatic rings. The maximum absolute atomic E-state index is 14.2. The van der Waals surface area contributed by atoms with Crippen LogP contribution >= 0.6 is 0 Å². The second-order valence-corrected chi connectivity index (χ2v) is 12.2. The number of hydrogen-bond donors (Lipinski definition) is 9. The molecule has 0 saturated carbocycles. The molecule has 1 aromatic carbocycles. The number of amides is 7. The van der Waals surface area contributed by atoms with Crippen molar-refractivity contribution in [2.45, 2.75) is 69.7 Å². The number of nitrogens with zero attached hydrogens (tertiary/aromatic N) is 1. The van der Waals surface area contributed by atoms with E-state index in [1.54, 1.807) is 20.0 Å². The highest BCUT2D eigenvalue weighted by atomic mass is 16.3. The van der Waals surface area contributed by atoms with E-state index < -0.39 is 104 Å². The Hall–Kier alpha value is -5.03. The zero-order valence-electron chi connectivity index (χ0n) is 27.4. The van der Waals surface area contributed by atoms with Crippen LogP contribution in [0.15, 0.2) is 30.5 Å². The van der Waals surface area contributed by atoms with E-state index in [4.69, 9.17) is 0 Å². The quantitative estimate of drug-likeness (QED) is 0.149. The molecule has 7 amide bonds. The number of hydrogen-bond acceptors (Lipinski definition) is 9. The van der Waals surface area contributed by atoms with E-state index >= 15 is 0 Å². The van der Waals surface area contributed by atoms with E-state index in [0.717, 1.165) is 16.5 Å². The van der Waals surface area contributed by atoms with Crippen LogP contribution in [-0.2, 0) is 40.0 Å². The van der Waals surface area contributed by atoms with E-state index in [1.165, 1.54) is 4.90 Å². The van der Waals surface area contributed by atoms with Crippen molar-refractivity contribution in [3.8, 4) is 0 Å². The third-order valence-electron chi connectivity index (χ3n) is 8.86. The molecule has 9 N–H and O–H groups in total. The molecule has 3 heterocycles. The Morgan fingerprint density at radius 3 is 2.16 bits per heavy atom. The van der Waals surface area contributed by atoms with Gasteiger partial charge in [-0.15, -0.1) is 0 Å². The minimum Gasteiger partial charge on any atom is -0.394 e. The zero-order chi connectivity index (χ0) is 35.7. The molecule has 0 spiro atoms. The molecule has 4 rings (SSSR count). The second kappa shape index (κ2) is 16.9. The van der Waals surface area contributed by atoms with Crippen LogP contribution in [0.25, 0.3) is 10.9 Å². The molecule has 2 saturated heterocycles. The minimum absolute atomic E-state index is 0.0436. The molecule has 6 atom stereocenters. The van der Waals surface area contributed by atoms with Crippen molar-refractivity contribution < 1.29 is 43.8 Å². The molecule has 17 nitrogen and oxygen atoms in total. The number of aliphatic hydroxyl groups excluding tert-OH is 2. The number of rotatable bonds is 6. The van der Waals surface area contributed by atoms with Gasteiger partial charge in [-0.3, -0.25) is 33.6 Å². The Balaban J connectivity index is 1.69. The molecule has 2 aromatic rings. The number of benzene rings is 1. The molecule has 2 fully saturated rings. The van der Waals surface area contributed by atoms with Gasteiger partial charge < -0.3 is 52.0 Å². The van der Waals surface area contributed by atoms with Crippen LogP contribution in [0.5, 0.6) is 0 Å².